The lowest BCUT2D eigenvalue weighted by molar-refractivity contribution is -0.113. The van der Waals surface area contributed by atoms with Crippen LogP contribution in [0.25, 0.3) is 5.57 Å². The van der Waals surface area contributed by atoms with Crippen LogP contribution in [-0.4, -0.2) is 16.1 Å². The summed E-state index contributed by atoms with van der Waals surface area (Å²) in [5.41, 5.74) is 10.0. The smallest absolute Gasteiger partial charge is 0.271 e. The second kappa shape index (κ2) is 7.93. The number of para-hydroxylation sites is 1. The van der Waals surface area contributed by atoms with Crippen molar-refractivity contribution in [1.29, 1.82) is 0 Å². The first-order valence-corrected chi connectivity index (χ1v) is 10.0. The first kappa shape index (κ1) is 19.0. The first-order valence-electron chi connectivity index (χ1n) is 9.19. The highest BCUT2D eigenvalue weighted by Crippen LogP contribution is 2.40. The van der Waals surface area contributed by atoms with E-state index in [1.165, 1.54) is 11.8 Å². The molecule has 1 aliphatic rings. The molecule has 144 valence electrons. The quantitative estimate of drug-likeness (QED) is 0.486. The second-order valence-corrected chi connectivity index (χ2v) is 7.67. The number of anilines is 2. The highest BCUT2D eigenvalue weighted by Gasteiger charge is 2.36. The molecule has 2 aromatic carbocycles. The number of hydrogen-bond acceptors (Lipinski definition) is 5. The maximum absolute atomic E-state index is 13.4. The summed E-state index contributed by atoms with van der Waals surface area (Å²) in [5.74, 6) is 0.469. The van der Waals surface area contributed by atoms with Crippen LogP contribution in [-0.2, 0) is 4.79 Å². The van der Waals surface area contributed by atoms with Crippen LogP contribution in [0.1, 0.15) is 18.2 Å². The lowest BCUT2D eigenvalue weighted by Crippen LogP contribution is -2.28. The van der Waals surface area contributed by atoms with Crippen LogP contribution in [0, 0.1) is 6.92 Å². The number of nitrogens with two attached hydrogens (primary N) is 1. The largest absolute Gasteiger partial charge is 0.399 e. The van der Waals surface area contributed by atoms with Gasteiger partial charge in [-0.2, -0.15) is 0 Å². The Morgan fingerprint density at radius 1 is 1.03 bits per heavy atom. The van der Waals surface area contributed by atoms with Gasteiger partial charge in [0, 0.05) is 11.4 Å². The number of amides is 1. The van der Waals surface area contributed by atoms with Gasteiger partial charge in [0.05, 0.1) is 10.6 Å². The Hall–Kier alpha value is -3.38. The Bertz CT molecular complexity index is 1140. The summed E-state index contributed by atoms with van der Waals surface area (Å²) in [5, 5.41) is 0.581. The number of rotatable bonds is 3. The highest BCUT2D eigenvalue weighted by atomic mass is 32.2. The molecular formula is C23H20N4OS. The molecule has 4 rings (SSSR count). The van der Waals surface area contributed by atoms with E-state index in [9.17, 15) is 4.79 Å². The summed E-state index contributed by atoms with van der Waals surface area (Å²) >= 11 is 1.36. The van der Waals surface area contributed by atoms with E-state index >= 15 is 0 Å². The number of thioether (sulfide) groups is 1. The van der Waals surface area contributed by atoms with Crippen LogP contribution in [0.2, 0.25) is 0 Å². The van der Waals surface area contributed by atoms with Gasteiger partial charge in [0.2, 0.25) is 0 Å². The van der Waals surface area contributed by atoms with Gasteiger partial charge in [-0.05, 0) is 73.1 Å². The Morgan fingerprint density at radius 2 is 1.79 bits per heavy atom. The Kier molecular flexibility index (Phi) is 5.18. The number of aromatic nitrogens is 1. The van der Waals surface area contributed by atoms with Crippen molar-refractivity contribution >= 4 is 45.6 Å². The molecule has 5 nitrogen and oxygen atoms in total. The number of aliphatic imine (C=N–C) groups is 1. The van der Waals surface area contributed by atoms with Crippen LogP contribution in [0.15, 0.2) is 82.7 Å². The third-order valence-electron chi connectivity index (χ3n) is 4.54. The number of aryl methyl sites for hydroxylation is 1. The highest BCUT2D eigenvalue weighted by molar-refractivity contribution is 8.19. The number of carbonyl (C=O) groups is 1. The van der Waals surface area contributed by atoms with Crippen molar-refractivity contribution in [3.05, 3.63) is 89.0 Å². The van der Waals surface area contributed by atoms with Gasteiger partial charge in [-0.25, -0.2) is 9.98 Å². The van der Waals surface area contributed by atoms with Gasteiger partial charge in [-0.1, -0.05) is 36.4 Å². The summed E-state index contributed by atoms with van der Waals surface area (Å²) in [4.78, 5) is 24.8. The Labute approximate surface area is 174 Å². The van der Waals surface area contributed by atoms with E-state index in [1.807, 2.05) is 86.6 Å². The number of nitrogens with zero attached hydrogens (tertiary/aromatic N) is 3. The van der Waals surface area contributed by atoms with Crippen molar-refractivity contribution in [3.8, 4) is 0 Å². The molecule has 0 unspecified atom stereocenters. The molecule has 1 aliphatic heterocycles. The SMILES string of the molecule is C/C(=C1/S/C(=N/c2cccc(C)n2)N(c2ccccc2)C1=O)c1cccc(N)c1. The van der Waals surface area contributed by atoms with E-state index in [4.69, 9.17) is 5.73 Å². The zero-order chi connectivity index (χ0) is 20.4. The van der Waals surface area contributed by atoms with Crippen molar-refractivity contribution < 1.29 is 4.79 Å². The molecule has 0 saturated carbocycles. The number of benzene rings is 2. The zero-order valence-corrected chi connectivity index (χ0v) is 17.0. The number of pyridine rings is 1. The summed E-state index contributed by atoms with van der Waals surface area (Å²) in [6.45, 7) is 3.85. The Morgan fingerprint density at radius 3 is 2.52 bits per heavy atom. The number of carbonyl (C=O) groups excluding carboxylic acids is 1. The molecule has 0 spiro atoms. The third kappa shape index (κ3) is 3.93. The van der Waals surface area contributed by atoms with Crippen molar-refractivity contribution in [2.24, 2.45) is 4.99 Å². The summed E-state index contributed by atoms with van der Waals surface area (Å²) < 4.78 is 0. The molecule has 0 aliphatic carbocycles. The van der Waals surface area contributed by atoms with Gasteiger partial charge in [0.15, 0.2) is 11.0 Å². The molecule has 29 heavy (non-hydrogen) atoms. The summed E-state index contributed by atoms with van der Waals surface area (Å²) in [7, 11) is 0. The number of nitrogen functional groups attached to an aromatic ring is 1. The minimum Gasteiger partial charge on any atom is -0.399 e. The van der Waals surface area contributed by atoms with E-state index in [2.05, 4.69) is 9.98 Å². The second-order valence-electron chi connectivity index (χ2n) is 6.69. The molecule has 6 heteroatoms. The Balaban J connectivity index is 1.83. The van der Waals surface area contributed by atoms with Gasteiger partial charge in [0.25, 0.3) is 5.91 Å². The molecule has 0 radical (unpaired) electrons. The van der Waals surface area contributed by atoms with E-state index in [-0.39, 0.29) is 5.91 Å². The van der Waals surface area contributed by atoms with Crippen molar-refractivity contribution in [3.63, 3.8) is 0 Å². The molecular weight excluding hydrogens is 380 g/mol. The van der Waals surface area contributed by atoms with Crippen LogP contribution in [0.3, 0.4) is 0 Å². The predicted molar refractivity (Wildman–Crippen MR) is 121 cm³/mol. The number of amidine groups is 1. The first-order chi connectivity index (χ1) is 14.0. The molecule has 1 saturated heterocycles. The zero-order valence-electron chi connectivity index (χ0n) is 16.2. The number of allylic oxidation sites excluding steroid dienone is 1. The predicted octanol–water partition coefficient (Wildman–Crippen LogP) is 5.17. The fourth-order valence-electron chi connectivity index (χ4n) is 3.08. The van der Waals surface area contributed by atoms with E-state index in [0.29, 0.717) is 21.6 Å². The van der Waals surface area contributed by atoms with Crippen LogP contribution >= 0.6 is 11.8 Å². The summed E-state index contributed by atoms with van der Waals surface area (Å²) in [6, 6.07) is 22.7. The van der Waals surface area contributed by atoms with Crippen molar-refractivity contribution in [2.45, 2.75) is 13.8 Å². The van der Waals surface area contributed by atoms with E-state index < -0.39 is 0 Å². The molecule has 0 atom stereocenters. The molecule has 2 N–H and O–H groups in total. The van der Waals surface area contributed by atoms with Gasteiger partial charge in [-0.15, -0.1) is 0 Å². The fourth-order valence-corrected chi connectivity index (χ4v) is 4.13. The summed E-state index contributed by atoms with van der Waals surface area (Å²) in [6.07, 6.45) is 0. The van der Waals surface area contributed by atoms with Crippen LogP contribution < -0.4 is 10.6 Å². The fraction of sp³-hybridized carbons (Fsp3) is 0.0870. The van der Waals surface area contributed by atoms with Crippen LogP contribution in [0.5, 0.6) is 0 Å². The standard InChI is InChI=1S/C23H20N4OS/c1-15-8-6-13-20(25-15)26-23-27(19-11-4-3-5-12-19)22(28)21(29-23)16(2)17-9-7-10-18(24)14-17/h3-14H,24H2,1-2H3/b21-16-,26-23+. The topological polar surface area (TPSA) is 71.6 Å². The lowest BCUT2D eigenvalue weighted by Gasteiger charge is -2.15. The molecule has 1 aromatic heterocycles. The normalized spacial score (nSPS) is 17.1. The van der Waals surface area contributed by atoms with Gasteiger partial charge in [-0.3, -0.25) is 9.69 Å². The molecule has 1 fully saturated rings. The molecule has 1 amide bonds. The van der Waals surface area contributed by atoms with Crippen LogP contribution in [0.4, 0.5) is 17.2 Å². The number of hydrogen-bond donors (Lipinski definition) is 1. The average Bonchev–Trinajstić information content (AvgIpc) is 3.04. The van der Waals surface area contributed by atoms with E-state index in [1.54, 1.807) is 4.90 Å². The minimum atomic E-state index is -0.104. The maximum Gasteiger partial charge on any atom is 0.271 e. The molecule has 3 aromatic rings. The minimum absolute atomic E-state index is 0.104. The van der Waals surface area contributed by atoms with Crippen molar-refractivity contribution in [2.75, 3.05) is 10.6 Å². The molecule has 0 bridgehead atoms. The maximum atomic E-state index is 13.4. The van der Waals surface area contributed by atoms with Crippen molar-refractivity contribution in [1.82, 2.24) is 4.98 Å². The van der Waals surface area contributed by atoms with Gasteiger partial charge >= 0.3 is 0 Å². The lowest BCUT2D eigenvalue weighted by atomic mass is 10.1. The van der Waals surface area contributed by atoms with Gasteiger partial charge < -0.3 is 5.73 Å². The van der Waals surface area contributed by atoms with E-state index in [0.717, 1.165) is 22.5 Å². The monoisotopic (exact) mass is 400 g/mol. The average molecular weight is 401 g/mol. The molecule has 2 heterocycles. The third-order valence-corrected chi connectivity index (χ3v) is 5.68. The van der Waals surface area contributed by atoms with Gasteiger partial charge in [0.1, 0.15) is 0 Å².